The monoisotopic (exact) mass is 262 g/mol. The molecule has 3 nitrogen and oxygen atoms in total. The van der Waals surface area contributed by atoms with Gasteiger partial charge in [0.1, 0.15) is 0 Å². The fraction of sp³-hybridized carbons (Fsp3) is 0.562. The van der Waals surface area contributed by atoms with Crippen LogP contribution < -0.4 is 0 Å². The molecule has 1 aromatic rings. The van der Waals surface area contributed by atoms with Crippen molar-refractivity contribution in [3.8, 4) is 0 Å². The number of hydrogen-bond donors (Lipinski definition) is 1. The van der Waals surface area contributed by atoms with Gasteiger partial charge in [-0.05, 0) is 35.8 Å². The molecule has 0 spiro atoms. The van der Waals surface area contributed by atoms with Crippen LogP contribution in [-0.4, -0.2) is 18.2 Å². The van der Waals surface area contributed by atoms with Crippen LogP contribution in [0.5, 0.6) is 0 Å². The zero-order valence-electron chi connectivity index (χ0n) is 11.6. The molecule has 0 radical (unpaired) electrons. The van der Waals surface area contributed by atoms with Crippen molar-refractivity contribution >= 4 is 5.97 Å². The summed E-state index contributed by atoms with van der Waals surface area (Å²) >= 11 is 0. The third kappa shape index (κ3) is 3.35. The van der Waals surface area contributed by atoms with Crippen LogP contribution in [0.4, 0.5) is 0 Å². The topological polar surface area (TPSA) is 46.5 Å². The first-order chi connectivity index (χ1) is 9.11. The minimum Gasteiger partial charge on any atom is -0.467 e. The molecule has 104 valence electrons. The first-order valence-electron chi connectivity index (χ1n) is 6.97. The van der Waals surface area contributed by atoms with E-state index in [0.717, 1.165) is 5.92 Å². The molecule has 1 aromatic carbocycles. The molecular formula is C16H22O3. The Morgan fingerprint density at radius 1 is 1.21 bits per heavy atom. The lowest BCUT2D eigenvalue weighted by molar-refractivity contribution is -0.150. The van der Waals surface area contributed by atoms with Gasteiger partial charge in [0.2, 0.25) is 0 Å². The van der Waals surface area contributed by atoms with E-state index in [2.05, 4.69) is 11.7 Å². The van der Waals surface area contributed by atoms with Crippen molar-refractivity contribution in [2.24, 2.45) is 5.92 Å². The second kappa shape index (κ2) is 6.20. The fourth-order valence-electron chi connectivity index (χ4n) is 2.79. The predicted octanol–water partition coefficient (Wildman–Crippen LogP) is 3.19. The molecule has 0 aromatic heterocycles. The smallest absolute Gasteiger partial charge is 0.339 e. The Balaban J connectivity index is 2.04. The van der Waals surface area contributed by atoms with E-state index in [9.17, 15) is 9.90 Å². The molecular weight excluding hydrogens is 240 g/mol. The second-order valence-corrected chi connectivity index (χ2v) is 5.55. The fourth-order valence-corrected chi connectivity index (χ4v) is 2.79. The summed E-state index contributed by atoms with van der Waals surface area (Å²) in [6, 6.07) is 7.72. The van der Waals surface area contributed by atoms with Gasteiger partial charge < -0.3 is 9.84 Å². The van der Waals surface area contributed by atoms with E-state index in [0.29, 0.717) is 11.5 Å². The Labute approximate surface area is 114 Å². The van der Waals surface area contributed by atoms with Gasteiger partial charge in [-0.3, -0.25) is 0 Å². The number of hydrogen-bond acceptors (Lipinski definition) is 3. The number of carbonyl (C=O) groups is 1. The Hall–Kier alpha value is -1.35. The normalized spacial score (nSPS) is 24.8. The SMILES string of the molecule is COC(=O)C(O)c1ccc(C2CCC(C)CC2)cc1. The van der Waals surface area contributed by atoms with Gasteiger partial charge in [-0.1, -0.05) is 44.0 Å². The molecule has 2 rings (SSSR count). The molecule has 3 heteroatoms. The van der Waals surface area contributed by atoms with E-state index in [1.54, 1.807) is 0 Å². The maximum atomic E-state index is 11.3. The van der Waals surface area contributed by atoms with Crippen LogP contribution in [0.25, 0.3) is 0 Å². The largest absolute Gasteiger partial charge is 0.467 e. The summed E-state index contributed by atoms with van der Waals surface area (Å²) in [5, 5.41) is 9.75. The van der Waals surface area contributed by atoms with E-state index >= 15 is 0 Å². The van der Waals surface area contributed by atoms with Crippen LogP contribution in [0.1, 0.15) is 55.8 Å². The molecule has 0 saturated heterocycles. The number of benzene rings is 1. The maximum Gasteiger partial charge on any atom is 0.339 e. The van der Waals surface area contributed by atoms with E-state index in [4.69, 9.17) is 0 Å². The van der Waals surface area contributed by atoms with E-state index in [-0.39, 0.29) is 0 Å². The number of aliphatic hydroxyl groups is 1. The second-order valence-electron chi connectivity index (χ2n) is 5.55. The summed E-state index contributed by atoms with van der Waals surface area (Å²) in [4.78, 5) is 11.3. The molecule has 1 unspecified atom stereocenters. The van der Waals surface area contributed by atoms with Crippen molar-refractivity contribution in [1.29, 1.82) is 0 Å². The lowest BCUT2D eigenvalue weighted by atomic mass is 9.79. The molecule has 0 amide bonds. The summed E-state index contributed by atoms with van der Waals surface area (Å²) < 4.78 is 4.54. The maximum absolute atomic E-state index is 11.3. The number of methoxy groups -OCH3 is 1. The Bertz CT molecular complexity index is 416. The first-order valence-corrected chi connectivity index (χ1v) is 6.97. The summed E-state index contributed by atoms with van der Waals surface area (Å²) in [5.41, 5.74) is 1.91. The van der Waals surface area contributed by atoms with Crippen molar-refractivity contribution in [3.63, 3.8) is 0 Å². The van der Waals surface area contributed by atoms with Crippen LogP contribution in [-0.2, 0) is 9.53 Å². The molecule has 1 aliphatic rings. The predicted molar refractivity (Wildman–Crippen MR) is 73.8 cm³/mol. The van der Waals surface area contributed by atoms with Gasteiger partial charge in [-0.15, -0.1) is 0 Å². The summed E-state index contributed by atoms with van der Waals surface area (Å²) in [6.45, 7) is 2.31. The summed E-state index contributed by atoms with van der Waals surface area (Å²) in [5.74, 6) is 0.858. The average molecular weight is 262 g/mol. The van der Waals surface area contributed by atoms with Gasteiger partial charge in [0, 0.05) is 0 Å². The Morgan fingerprint density at radius 3 is 2.32 bits per heavy atom. The molecule has 0 aliphatic heterocycles. The molecule has 1 atom stereocenters. The molecule has 0 bridgehead atoms. The Morgan fingerprint density at radius 2 is 1.79 bits per heavy atom. The van der Waals surface area contributed by atoms with Crippen molar-refractivity contribution in [1.82, 2.24) is 0 Å². The van der Waals surface area contributed by atoms with Crippen molar-refractivity contribution in [3.05, 3.63) is 35.4 Å². The highest BCUT2D eigenvalue weighted by atomic mass is 16.5. The lowest BCUT2D eigenvalue weighted by Gasteiger charge is -2.26. The summed E-state index contributed by atoms with van der Waals surface area (Å²) in [7, 11) is 1.28. The van der Waals surface area contributed by atoms with Crippen LogP contribution in [0, 0.1) is 5.92 Å². The van der Waals surface area contributed by atoms with Crippen LogP contribution in [0.15, 0.2) is 24.3 Å². The quantitative estimate of drug-likeness (QED) is 0.851. The van der Waals surface area contributed by atoms with Gasteiger partial charge in [0.15, 0.2) is 6.10 Å². The zero-order valence-corrected chi connectivity index (χ0v) is 11.6. The highest BCUT2D eigenvalue weighted by molar-refractivity contribution is 5.76. The molecule has 19 heavy (non-hydrogen) atoms. The summed E-state index contributed by atoms with van der Waals surface area (Å²) in [6.07, 6.45) is 3.87. The molecule has 1 fully saturated rings. The zero-order chi connectivity index (χ0) is 13.8. The van der Waals surface area contributed by atoms with Crippen LogP contribution in [0.2, 0.25) is 0 Å². The number of carbonyl (C=O) groups excluding carboxylic acids is 1. The molecule has 1 saturated carbocycles. The first kappa shape index (κ1) is 14.1. The standard InChI is InChI=1S/C16H22O3/c1-11-3-5-12(6-4-11)13-7-9-14(10-8-13)15(17)16(18)19-2/h7-12,15,17H,3-6H2,1-2H3. The van der Waals surface area contributed by atoms with Gasteiger partial charge in [-0.2, -0.15) is 0 Å². The third-order valence-electron chi connectivity index (χ3n) is 4.16. The third-order valence-corrected chi connectivity index (χ3v) is 4.16. The van der Waals surface area contributed by atoms with E-state index in [1.807, 2.05) is 24.3 Å². The highest BCUT2D eigenvalue weighted by Gasteiger charge is 2.21. The molecule has 1 aliphatic carbocycles. The van der Waals surface area contributed by atoms with Gasteiger partial charge in [-0.25, -0.2) is 4.79 Å². The van der Waals surface area contributed by atoms with Crippen LogP contribution >= 0.6 is 0 Å². The highest BCUT2D eigenvalue weighted by Crippen LogP contribution is 2.35. The van der Waals surface area contributed by atoms with Gasteiger partial charge >= 0.3 is 5.97 Å². The van der Waals surface area contributed by atoms with Crippen molar-refractivity contribution in [2.45, 2.75) is 44.6 Å². The average Bonchev–Trinajstić information content (AvgIpc) is 2.46. The van der Waals surface area contributed by atoms with Crippen LogP contribution in [0.3, 0.4) is 0 Å². The molecule has 1 N–H and O–H groups in total. The number of ether oxygens (including phenoxy) is 1. The minimum atomic E-state index is -1.18. The van der Waals surface area contributed by atoms with Crippen molar-refractivity contribution < 1.29 is 14.6 Å². The van der Waals surface area contributed by atoms with Gasteiger partial charge in [0.25, 0.3) is 0 Å². The van der Waals surface area contributed by atoms with Crippen molar-refractivity contribution in [2.75, 3.05) is 7.11 Å². The van der Waals surface area contributed by atoms with E-state index < -0.39 is 12.1 Å². The Kier molecular flexibility index (Phi) is 4.59. The molecule has 0 heterocycles. The number of aliphatic hydroxyl groups excluding tert-OH is 1. The van der Waals surface area contributed by atoms with E-state index in [1.165, 1.54) is 38.4 Å². The number of esters is 1. The lowest BCUT2D eigenvalue weighted by Crippen LogP contribution is -2.14. The number of rotatable bonds is 3. The minimum absolute atomic E-state index is 0.597. The van der Waals surface area contributed by atoms with Gasteiger partial charge in [0.05, 0.1) is 7.11 Å².